The molecular formula is C24H29N4+. The van der Waals surface area contributed by atoms with Gasteiger partial charge in [-0.05, 0) is 62.9 Å². The second-order valence-electron chi connectivity index (χ2n) is 8.13. The molecule has 0 saturated heterocycles. The van der Waals surface area contributed by atoms with Gasteiger partial charge >= 0.3 is 0 Å². The predicted molar refractivity (Wildman–Crippen MR) is 117 cm³/mol. The fourth-order valence-corrected chi connectivity index (χ4v) is 4.59. The number of nitrogens with zero attached hydrogens (tertiary/aromatic N) is 4. The highest BCUT2D eigenvalue weighted by atomic mass is 15.3. The molecule has 2 aromatic carbocycles. The molecule has 1 aromatic heterocycles. The predicted octanol–water partition coefficient (Wildman–Crippen LogP) is 4.82. The van der Waals surface area contributed by atoms with Gasteiger partial charge < -0.3 is 0 Å². The van der Waals surface area contributed by atoms with Gasteiger partial charge in [-0.3, -0.25) is 4.68 Å². The van der Waals surface area contributed by atoms with Crippen LogP contribution >= 0.6 is 0 Å². The number of hydrogen-bond donors (Lipinski definition) is 0. The van der Waals surface area contributed by atoms with Crippen molar-refractivity contribution >= 4 is 17.7 Å². The number of benzene rings is 2. The fourth-order valence-electron chi connectivity index (χ4n) is 4.59. The summed E-state index contributed by atoms with van der Waals surface area (Å²) < 4.78 is 4.27. The number of aryl methyl sites for hydroxylation is 6. The summed E-state index contributed by atoms with van der Waals surface area (Å²) in [6.07, 6.45) is 6.34. The van der Waals surface area contributed by atoms with E-state index < -0.39 is 0 Å². The van der Waals surface area contributed by atoms with E-state index in [-0.39, 0.29) is 0 Å². The summed E-state index contributed by atoms with van der Waals surface area (Å²) in [5.74, 6) is 0. The number of aromatic nitrogens is 2. The van der Waals surface area contributed by atoms with Crippen LogP contribution in [0.2, 0.25) is 0 Å². The van der Waals surface area contributed by atoms with Gasteiger partial charge in [-0.1, -0.05) is 23.8 Å². The first kappa shape index (κ1) is 18.5. The van der Waals surface area contributed by atoms with E-state index in [4.69, 9.17) is 0 Å². The largest absolute Gasteiger partial charge is 0.275 e. The van der Waals surface area contributed by atoms with Crippen LogP contribution in [0.5, 0.6) is 0 Å². The Balaban J connectivity index is 1.81. The molecule has 0 radical (unpaired) electrons. The maximum atomic E-state index is 4.39. The smallest absolute Gasteiger partial charge is 0.244 e. The monoisotopic (exact) mass is 373 g/mol. The van der Waals surface area contributed by atoms with Crippen molar-refractivity contribution in [2.24, 2.45) is 7.05 Å². The summed E-state index contributed by atoms with van der Waals surface area (Å²) in [6, 6.07) is 9.10. The summed E-state index contributed by atoms with van der Waals surface area (Å²) in [4.78, 5) is 2.40. The normalized spacial score (nSPS) is 13.9. The minimum atomic E-state index is 0.976. The molecule has 0 aliphatic carbocycles. The zero-order chi connectivity index (χ0) is 20.0. The van der Waals surface area contributed by atoms with Crippen LogP contribution in [-0.2, 0) is 7.05 Å². The van der Waals surface area contributed by atoms with Crippen molar-refractivity contribution in [2.75, 3.05) is 18.0 Å². The van der Waals surface area contributed by atoms with Crippen LogP contribution < -0.4 is 4.90 Å². The molecule has 4 rings (SSSR count). The quantitative estimate of drug-likeness (QED) is 0.615. The van der Waals surface area contributed by atoms with Gasteiger partial charge in [-0.25, -0.2) is 9.48 Å². The Morgan fingerprint density at radius 2 is 1.54 bits per heavy atom. The summed E-state index contributed by atoms with van der Waals surface area (Å²) in [6.45, 7) is 12.9. The maximum Gasteiger partial charge on any atom is 0.244 e. The van der Waals surface area contributed by atoms with Crippen molar-refractivity contribution in [1.29, 1.82) is 0 Å². The Labute approximate surface area is 167 Å². The topological polar surface area (TPSA) is 24.1 Å². The van der Waals surface area contributed by atoms with Crippen LogP contribution in [-0.4, -0.2) is 33.8 Å². The molecule has 28 heavy (non-hydrogen) atoms. The molecule has 0 saturated carbocycles. The lowest BCUT2D eigenvalue weighted by Crippen LogP contribution is -2.20. The summed E-state index contributed by atoms with van der Waals surface area (Å²) in [5, 5.41) is 4.39. The van der Waals surface area contributed by atoms with Gasteiger partial charge in [-0.2, -0.15) is 5.10 Å². The van der Waals surface area contributed by atoms with Crippen LogP contribution in [0.3, 0.4) is 0 Å². The molecule has 1 aliphatic heterocycles. The average Bonchev–Trinajstić information content (AvgIpc) is 3.22. The molecule has 0 atom stereocenters. The molecule has 1 aliphatic rings. The third-order valence-electron chi connectivity index (χ3n) is 5.53. The van der Waals surface area contributed by atoms with Crippen molar-refractivity contribution in [3.63, 3.8) is 0 Å². The third-order valence-corrected chi connectivity index (χ3v) is 5.53. The van der Waals surface area contributed by atoms with Crippen LogP contribution in [0.1, 0.15) is 27.8 Å². The van der Waals surface area contributed by atoms with E-state index in [0.717, 1.165) is 13.1 Å². The number of hydrogen-bond acceptors (Lipinski definition) is 2. The lowest BCUT2D eigenvalue weighted by atomic mass is 9.99. The zero-order valence-electron chi connectivity index (χ0n) is 17.7. The van der Waals surface area contributed by atoms with Gasteiger partial charge in [0.2, 0.25) is 6.34 Å². The Hall–Kier alpha value is -2.88. The molecule has 0 fully saturated rings. The minimum absolute atomic E-state index is 0.976. The lowest BCUT2D eigenvalue weighted by molar-refractivity contribution is -0.425. The second-order valence-corrected chi connectivity index (χ2v) is 8.13. The van der Waals surface area contributed by atoms with E-state index in [2.05, 4.69) is 86.0 Å². The molecule has 4 heteroatoms. The Kier molecular flexibility index (Phi) is 4.58. The van der Waals surface area contributed by atoms with E-state index in [1.807, 2.05) is 17.9 Å². The van der Waals surface area contributed by atoms with E-state index in [0.29, 0.717) is 0 Å². The SMILES string of the molecule is Cc1cc(C)c([N+]2=CN(c3c(C)cc(C)cc3-c3cnn(C)c3)CC2)c(C)c1. The Morgan fingerprint density at radius 3 is 2.18 bits per heavy atom. The molecule has 0 amide bonds. The zero-order valence-corrected chi connectivity index (χ0v) is 17.7. The van der Waals surface area contributed by atoms with Crippen LogP contribution in [0, 0.1) is 34.6 Å². The van der Waals surface area contributed by atoms with E-state index in [1.54, 1.807) is 0 Å². The van der Waals surface area contributed by atoms with Gasteiger partial charge in [-0.15, -0.1) is 0 Å². The highest BCUT2D eigenvalue weighted by Crippen LogP contribution is 2.36. The molecule has 0 unspecified atom stereocenters. The van der Waals surface area contributed by atoms with E-state index >= 15 is 0 Å². The summed E-state index contributed by atoms with van der Waals surface area (Å²) >= 11 is 0. The summed E-state index contributed by atoms with van der Waals surface area (Å²) in [7, 11) is 1.97. The highest BCUT2D eigenvalue weighted by molar-refractivity contribution is 5.90. The molecule has 0 spiro atoms. The van der Waals surface area contributed by atoms with Gasteiger partial charge in [0.05, 0.1) is 6.20 Å². The first-order valence-corrected chi connectivity index (χ1v) is 9.90. The standard InChI is InChI=1S/C24H29N4/c1-16-9-18(3)23(19(4)10-16)27-7-8-28(15-27)24-20(5)11-17(2)12-22(24)21-13-25-26(6)14-21/h9-15H,7-8H2,1-6H3/q+1. The fraction of sp³-hybridized carbons (Fsp3) is 0.333. The first-order chi connectivity index (χ1) is 13.3. The van der Waals surface area contributed by atoms with Crippen LogP contribution in [0.15, 0.2) is 36.7 Å². The highest BCUT2D eigenvalue weighted by Gasteiger charge is 2.28. The molecular weight excluding hydrogens is 344 g/mol. The molecule has 4 nitrogen and oxygen atoms in total. The Morgan fingerprint density at radius 1 is 0.893 bits per heavy atom. The summed E-state index contributed by atoms with van der Waals surface area (Å²) in [5.41, 5.74) is 11.6. The lowest BCUT2D eigenvalue weighted by Gasteiger charge is -2.15. The van der Waals surface area contributed by atoms with Gasteiger partial charge in [0.15, 0.2) is 0 Å². The third kappa shape index (κ3) is 3.24. The molecule has 2 heterocycles. The van der Waals surface area contributed by atoms with Gasteiger partial charge in [0, 0.05) is 24.4 Å². The van der Waals surface area contributed by atoms with E-state index in [1.165, 1.54) is 50.3 Å². The van der Waals surface area contributed by atoms with Crippen molar-refractivity contribution in [1.82, 2.24) is 9.78 Å². The van der Waals surface area contributed by atoms with Crippen molar-refractivity contribution < 1.29 is 4.58 Å². The first-order valence-electron chi connectivity index (χ1n) is 9.90. The van der Waals surface area contributed by atoms with Gasteiger partial charge in [0.1, 0.15) is 24.5 Å². The molecule has 0 N–H and O–H groups in total. The van der Waals surface area contributed by atoms with Crippen molar-refractivity contribution in [2.45, 2.75) is 34.6 Å². The van der Waals surface area contributed by atoms with Gasteiger partial charge in [0.25, 0.3) is 0 Å². The number of anilines is 1. The molecule has 0 bridgehead atoms. The minimum Gasteiger partial charge on any atom is -0.275 e. The maximum absolute atomic E-state index is 4.39. The van der Waals surface area contributed by atoms with Crippen LogP contribution in [0.4, 0.5) is 11.4 Å². The van der Waals surface area contributed by atoms with Crippen LogP contribution in [0.25, 0.3) is 11.1 Å². The molecule has 3 aromatic rings. The van der Waals surface area contributed by atoms with E-state index in [9.17, 15) is 0 Å². The number of rotatable bonds is 3. The van der Waals surface area contributed by atoms with Crippen molar-refractivity contribution in [3.05, 3.63) is 64.5 Å². The Bertz CT molecular complexity index is 1060. The van der Waals surface area contributed by atoms with Crippen molar-refractivity contribution in [3.8, 4) is 11.1 Å². The molecule has 144 valence electrons. The average molecular weight is 374 g/mol. The second kappa shape index (κ2) is 6.93.